The van der Waals surface area contributed by atoms with Gasteiger partial charge in [0, 0.05) is 30.5 Å². The topological polar surface area (TPSA) is 94.2 Å². The fourth-order valence-corrected chi connectivity index (χ4v) is 5.24. The number of amides is 2. The predicted molar refractivity (Wildman–Crippen MR) is 115 cm³/mol. The van der Waals surface area contributed by atoms with Crippen LogP contribution in [0.25, 0.3) is 0 Å². The number of carbonyl (C=O) groups is 2. The van der Waals surface area contributed by atoms with Crippen LogP contribution in [0.5, 0.6) is 0 Å². The zero-order valence-corrected chi connectivity index (χ0v) is 17.8. The Bertz CT molecular complexity index is 931. The molecule has 2 aromatic heterocycles. The summed E-state index contributed by atoms with van der Waals surface area (Å²) < 4.78 is 0. The number of aromatic amines is 1. The van der Waals surface area contributed by atoms with Crippen molar-refractivity contribution in [3.05, 3.63) is 47.0 Å². The molecule has 0 radical (unpaired) electrons. The molecule has 2 amide bonds. The van der Waals surface area contributed by atoms with Gasteiger partial charge >= 0.3 is 0 Å². The SMILES string of the molecule is O=C(NC1CCCC1)c1n[nH]c2c1CCN(C(=O)C(c1cccnc1)N1CCCC1)C2. The molecule has 8 heteroatoms. The van der Waals surface area contributed by atoms with E-state index < -0.39 is 0 Å². The van der Waals surface area contributed by atoms with E-state index in [1.54, 1.807) is 12.4 Å². The summed E-state index contributed by atoms with van der Waals surface area (Å²) >= 11 is 0. The van der Waals surface area contributed by atoms with Crippen LogP contribution in [0.1, 0.15) is 71.9 Å². The van der Waals surface area contributed by atoms with Gasteiger partial charge in [-0.1, -0.05) is 18.9 Å². The van der Waals surface area contributed by atoms with E-state index in [0.29, 0.717) is 25.2 Å². The van der Waals surface area contributed by atoms with Crippen LogP contribution in [0.3, 0.4) is 0 Å². The molecular formula is C23H30N6O2. The van der Waals surface area contributed by atoms with E-state index in [-0.39, 0.29) is 23.9 Å². The summed E-state index contributed by atoms with van der Waals surface area (Å²) in [6.07, 6.45) is 10.9. The molecule has 2 aromatic rings. The van der Waals surface area contributed by atoms with E-state index in [0.717, 1.165) is 55.6 Å². The standard InChI is InChI=1S/C23H30N6O2/c30-22(25-17-7-1-2-8-17)20-18-9-13-29(15-19(18)26-27-20)23(31)21(28-11-3-4-12-28)16-6-5-10-24-14-16/h5-6,10,14,17,21H,1-4,7-9,11-13,15H2,(H,25,30)(H,26,27). The molecule has 0 spiro atoms. The average Bonchev–Trinajstić information content (AvgIpc) is 3.56. The Morgan fingerprint density at radius 3 is 2.68 bits per heavy atom. The first kappa shape index (κ1) is 20.2. The Hall–Kier alpha value is -2.74. The van der Waals surface area contributed by atoms with Crippen molar-refractivity contribution in [3.8, 4) is 0 Å². The fourth-order valence-electron chi connectivity index (χ4n) is 5.24. The molecule has 31 heavy (non-hydrogen) atoms. The number of aromatic nitrogens is 3. The Labute approximate surface area is 182 Å². The third kappa shape index (κ3) is 4.08. The normalized spacial score (nSPS) is 20.6. The minimum Gasteiger partial charge on any atom is -0.348 e. The quantitative estimate of drug-likeness (QED) is 0.770. The van der Waals surface area contributed by atoms with E-state index in [1.165, 1.54) is 12.8 Å². The van der Waals surface area contributed by atoms with Gasteiger partial charge in [-0.2, -0.15) is 5.10 Å². The minimum absolute atomic E-state index is 0.0884. The molecule has 164 valence electrons. The van der Waals surface area contributed by atoms with Crippen molar-refractivity contribution in [1.29, 1.82) is 0 Å². The molecule has 1 unspecified atom stereocenters. The monoisotopic (exact) mass is 422 g/mol. The number of pyridine rings is 1. The van der Waals surface area contributed by atoms with Crippen molar-refractivity contribution in [2.75, 3.05) is 19.6 Å². The zero-order chi connectivity index (χ0) is 21.2. The summed E-state index contributed by atoms with van der Waals surface area (Å²) in [7, 11) is 0. The maximum Gasteiger partial charge on any atom is 0.272 e. The number of hydrogen-bond donors (Lipinski definition) is 2. The lowest BCUT2D eigenvalue weighted by Gasteiger charge is -2.34. The Morgan fingerprint density at radius 1 is 1.13 bits per heavy atom. The predicted octanol–water partition coefficient (Wildman–Crippen LogP) is 2.20. The van der Waals surface area contributed by atoms with E-state index in [4.69, 9.17) is 0 Å². The van der Waals surface area contributed by atoms with Gasteiger partial charge in [0.05, 0.1) is 12.2 Å². The van der Waals surface area contributed by atoms with Crippen LogP contribution in [-0.2, 0) is 17.8 Å². The number of hydrogen-bond acceptors (Lipinski definition) is 5. The second-order valence-electron chi connectivity index (χ2n) is 8.93. The van der Waals surface area contributed by atoms with Crippen molar-refractivity contribution in [2.45, 2.75) is 63.6 Å². The largest absolute Gasteiger partial charge is 0.348 e. The highest BCUT2D eigenvalue weighted by Crippen LogP contribution is 2.29. The molecule has 1 saturated carbocycles. The smallest absolute Gasteiger partial charge is 0.272 e. The van der Waals surface area contributed by atoms with Gasteiger partial charge in [-0.25, -0.2) is 0 Å². The molecule has 1 saturated heterocycles. The molecule has 4 heterocycles. The maximum absolute atomic E-state index is 13.6. The van der Waals surface area contributed by atoms with E-state index in [1.807, 2.05) is 17.0 Å². The number of carbonyl (C=O) groups excluding carboxylic acids is 2. The van der Waals surface area contributed by atoms with Gasteiger partial charge in [0.15, 0.2) is 5.69 Å². The molecular weight excluding hydrogens is 392 g/mol. The molecule has 3 aliphatic rings. The summed E-state index contributed by atoms with van der Waals surface area (Å²) in [5.41, 5.74) is 3.28. The molecule has 2 aliphatic heterocycles. The number of nitrogens with zero attached hydrogens (tertiary/aromatic N) is 4. The van der Waals surface area contributed by atoms with Crippen LogP contribution in [0.4, 0.5) is 0 Å². The summed E-state index contributed by atoms with van der Waals surface area (Å²) in [5.74, 6) is 0.0154. The third-order valence-electron chi connectivity index (χ3n) is 6.89. The average molecular weight is 423 g/mol. The molecule has 2 N–H and O–H groups in total. The lowest BCUT2D eigenvalue weighted by atomic mass is 10.0. The van der Waals surface area contributed by atoms with Crippen molar-refractivity contribution < 1.29 is 9.59 Å². The summed E-state index contributed by atoms with van der Waals surface area (Å²) in [5, 5.41) is 10.5. The molecule has 1 aliphatic carbocycles. The molecule has 5 rings (SSSR count). The fraction of sp³-hybridized carbons (Fsp3) is 0.565. The summed E-state index contributed by atoms with van der Waals surface area (Å²) in [6.45, 7) is 2.92. The highest BCUT2D eigenvalue weighted by atomic mass is 16.2. The number of H-pyrrole nitrogens is 1. The van der Waals surface area contributed by atoms with Gasteiger partial charge in [0.1, 0.15) is 6.04 Å². The van der Waals surface area contributed by atoms with Crippen LogP contribution in [0.2, 0.25) is 0 Å². The first-order chi connectivity index (χ1) is 15.2. The van der Waals surface area contributed by atoms with Crippen molar-refractivity contribution in [2.24, 2.45) is 0 Å². The first-order valence-electron chi connectivity index (χ1n) is 11.5. The van der Waals surface area contributed by atoms with Crippen molar-refractivity contribution in [1.82, 2.24) is 30.3 Å². The van der Waals surface area contributed by atoms with E-state index in [9.17, 15) is 9.59 Å². The highest BCUT2D eigenvalue weighted by Gasteiger charge is 2.36. The first-order valence-corrected chi connectivity index (χ1v) is 11.5. The van der Waals surface area contributed by atoms with Crippen molar-refractivity contribution in [3.63, 3.8) is 0 Å². The summed E-state index contributed by atoms with van der Waals surface area (Å²) in [6, 6.07) is 3.85. The highest BCUT2D eigenvalue weighted by molar-refractivity contribution is 5.94. The van der Waals surface area contributed by atoms with Gasteiger partial charge < -0.3 is 10.2 Å². The molecule has 0 bridgehead atoms. The second-order valence-corrected chi connectivity index (χ2v) is 8.93. The maximum atomic E-state index is 13.6. The van der Waals surface area contributed by atoms with Gasteiger partial charge in [-0.15, -0.1) is 0 Å². The molecule has 1 atom stereocenters. The summed E-state index contributed by atoms with van der Waals surface area (Å²) in [4.78, 5) is 34.7. The Kier molecular flexibility index (Phi) is 5.72. The molecule has 0 aromatic carbocycles. The van der Waals surface area contributed by atoms with Gasteiger partial charge in [0.25, 0.3) is 5.91 Å². The minimum atomic E-state index is -0.300. The van der Waals surface area contributed by atoms with Gasteiger partial charge in [-0.3, -0.25) is 24.6 Å². The number of fused-ring (bicyclic) bond motifs is 1. The Balaban J connectivity index is 1.32. The van der Waals surface area contributed by atoms with E-state index in [2.05, 4.69) is 25.4 Å². The van der Waals surface area contributed by atoms with Crippen LogP contribution in [0, 0.1) is 0 Å². The lowest BCUT2D eigenvalue weighted by Crippen LogP contribution is -2.44. The van der Waals surface area contributed by atoms with Crippen LogP contribution in [0.15, 0.2) is 24.5 Å². The number of likely N-dealkylation sites (tertiary alicyclic amines) is 1. The zero-order valence-electron chi connectivity index (χ0n) is 17.8. The second kappa shape index (κ2) is 8.78. The third-order valence-corrected chi connectivity index (χ3v) is 6.89. The van der Waals surface area contributed by atoms with Crippen LogP contribution in [-0.4, -0.2) is 62.5 Å². The number of nitrogens with one attached hydrogen (secondary N) is 2. The number of rotatable bonds is 5. The van der Waals surface area contributed by atoms with Gasteiger partial charge in [0.2, 0.25) is 5.91 Å². The Morgan fingerprint density at radius 2 is 1.94 bits per heavy atom. The van der Waals surface area contributed by atoms with Crippen LogP contribution < -0.4 is 5.32 Å². The molecule has 8 nitrogen and oxygen atoms in total. The van der Waals surface area contributed by atoms with Crippen molar-refractivity contribution >= 4 is 11.8 Å². The van der Waals surface area contributed by atoms with Gasteiger partial charge in [-0.05, 0) is 56.8 Å². The lowest BCUT2D eigenvalue weighted by molar-refractivity contribution is -0.138. The van der Waals surface area contributed by atoms with E-state index >= 15 is 0 Å². The molecule has 2 fully saturated rings. The van der Waals surface area contributed by atoms with Crippen LogP contribution >= 0.6 is 0 Å².